The Labute approximate surface area is 86.4 Å². The number of pyridine rings is 1. The lowest BCUT2D eigenvalue weighted by atomic mass is 10.1. The minimum absolute atomic E-state index is 0.142. The first kappa shape index (κ1) is 9.64. The second kappa shape index (κ2) is 3.68. The molecule has 15 heavy (non-hydrogen) atoms. The fourth-order valence-electron chi connectivity index (χ4n) is 1.44. The van der Waals surface area contributed by atoms with Crippen LogP contribution in [0, 0.1) is 6.92 Å². The molecule has 0 unspecified atom stereocenters. The molecule has 0 aliphatic rings. The van der Waals surface area contributed by atoms with Gasteiger partial charge < -0.3 is 5.11 Å². The van der Waals surface area contributed by atoms with Gasteiger partial charge >= 0.3 is 5.97 Å². The van der Waals surface area contributed by atoms with Crippen LogP contribution in [-0.2, 0) is 11.2 Å². The normalized spacial score (nSPS) is 10.7. The molecule has 2 rings (SSSR count). The molecule has 2 heterocycles. The largest absolute Gasteiger partial charge is 0.481 e. The van der Waals surface area contributed by atoms with Crippen LogP contribution in [0.25, 0.3) is 5.65 Å². The highest BCUT2D eigenvalue weighted by Crippen LogP contribution is 2.07. The first-order valence-corrected chi connectivity index (χ1v) is 4.69. The molecule has 2 aromatic rings. The number of carbonyl (C=O) groups is 1. The Hall–Kier alpha value is -1.91. The average molecular weight is 205 g/mol. The van der Waals surface area contributed by atoms with Crippen LogP contribution in [0.4, 0.5) is 0 Å². The van der Waals surface area contributed by atoms with Crippen LogP contribution in [0.5, 0.6) is 0 Å². The van der Waals surface area contributed by atoms with E-state index >= 15 is 0 Å². The number of hydrogen-bond acceptors (Lipinski definition) is 3. The molecule has 0 saturated carbocycles. The van der Waals surface area contributed by atoms with E-state index in [0.29, 0.717) is 12.2 Å². The number of aromatic nitrogens is 3. The Morgan fingerprint density at radius 2 is 2.40 bits per heavy atom. The number of nitrogens with zero attached hydrogens (tertiary/aromatic N) is 3. The molecule has 0 bridgehead atoms. The van der Waals surface area contributed by atoms with E-state index in [1.54, 1.807) is 10.7 Å². The fourth-order valence-corrected chi connectivity index (χ4v) is 1.44. The zero-order valence-electron chi connectivity index (χ0n) is 8.34. The first-order chi connectivity index (χ1) is 7.15. The van der Waals surface area contributed by atoms with Gasteiger partial charge in [-0.15, -0.1) is 0 Å². The van der Waals surface area contributed by atoms with Crippen LogP contribution in [0.2, 0.25) is 0 Å². The summed E-state index contributed by atoms with van der Waals surface area (Å²) in [5.74, 6) is -0.0714. The summed E-state index contributed by atoms with van der Waals surface area (Å²) < 4.78 is 1.68. The maximum atomic E-state index is 10.4. The smallest absolute Gasteiger partial charge is 0.303 e. The number of hydrogen-bond donors (Lipinski definition) is 1. The van der Waals surface area contributed by atoms with E-state index in [-0.39, 0.29) is 6.42 Å². The molecular weight excluding hydrogens is 194 g/mol. The average Bonchev–Trinajstić information content (AvgIpc) is 2.53. The Kier molecular flexibility index (Phi) is 2.37. The second-order valence-corrected chi connectivity index (χ2v) is 3.39. The third-order valence-electron chi connectivity index (χ3n) is 2.14. The van der Waals surface area contributed by atoms with Crippen LogP contribution >= 0.6 is 0 Å². The van der Waals surface area contributed by atoms with Crippen molar-refractivity contribution in [2.75, 3.05) is 0 Å². The molecular formula is C10H11N3O2. The van der Waals surface area contributed by atoms with Crippen LogP contribution < -0.4 is 0 Å². The Morgan fingerprint density at radius 3 is 3.13 bits per heavy atom. The van der Waals surface area contributed by atoms with Gasteiger partial charge in [0, 0.05) is 12.6 Å². The molecule has 0 saturated heterocycles. The van der Waals surface area contributed by atoms with E-state index in [1.165, 1.54) is 0 Å². The van der Waals surface area contributed by atoms with E-state index in [4.69, 9.17) is 5.11 Å². The van der Waals surface area contributed by atoms with Gasteiger partial charge in [-0.1, -0.05) is 0 Å². The van der Waals surface area contributed by atoms with E-state index < -0.39 is 5.97 Å². The van der Waals surface area contributed by atoms with Crippen LogP contribution in [0.3, 0.4) is 0 Å². The highest BCUT2D eigenvalue weighted by atomic mass is 16.4. The molecule has 5 nitrogen and oxygen atoms in total. The SMILES string of the molecule is Cc1nc2cc(CCC(=O)O)ccn2n1. The molecule has 0 aliphatic carbocycles. The Balaban J connectivity index is 2.26. The third-order valence-corrected chi connectivity index (χ3v) is 2.14. The lowest BCUT2D eigenvalue weighted by molar-refractivity contribution is -0.136. The first-order valence-electron chi connectivity index (χ1n) is 4.69. The fraction of sp³-hybridized carbons (Fsp3) is 0.300. The summed E-state index contributed by atoms with van der Waals surface area (Å²) in [5, 5.41) is 12.7. The van der Waals surface area contributed by atoms with Gasteiger partial charge in [0.15, 0.2) is 5.65 Å². The monoisotopic (exact) mass is 205 g/mol. The van der Waals surface area contributed by atoms with Crippen molar-refractivity contribution in [1.82, 2.24) is 14.6 Å². The Bertz CT molecular complexity index is 504. The van der Waals surface area contributed by atoms with Crippen molar-refractivity contribution in [1.29, 1.82) is 0 Å². The van der Waals surface area contributed by atoms with Crippen molar-refractivity contribution in [3.05, 3.63) is 29.7 Å². The molecule has 0 fully saturated rings. The van der Waals surface area contributed by atoms with Gasteiger partial charge in [0.25, 0.3) is 0 Å². The topological polar surface area (TPSA) is 67.5 Å². The lowest BCUT2D eigenvalue weighted by Gasteiger charge is -1.98. The predicted molar refractivity (Wildman–Crippen MR) is 53.7 cm³/mol. The summed E-state index contributed by atoms with van der Waals surface area (Å²) in [6.07, 6.45) is 2.47. The molecule has 0 aromatic carbocycles. The molecule has 0 atom stereocenters. The van der Waals surface area contributed by atoms with Crippen molar-refractivity contribution in [3.8, 4) is 0 Å². The maximum absolute atomic E-state index is 10.4. The summed E-state index contributed by atoms with van der Waals surface area (Å²) in [6.45, 7) is 1.82. The number of carboxylic acids is 1. The maximum Gasteiger partial charge on any atom is 0.303 e. The van der Waals surface area contributed by atoms with Crippen molar-refractivity contribution < 1.29 is 9.90 Å². The number of fused-ring (bicyclic) bond motifs is 1. The molecule has 0 spiro atoms. The lowest BCUT2D eigenvalue weighted by Crippen LogP contribution is -1.98. The van der Waals surface area contributed by atoms with Gasteiger partial charge in [-0.05, 0) is 31.0 Å². The Morgan fingerprint density at radius 1 is 1.60 bits per heavy atom. The van der Waals surface area contributed by atoms with Gasteiger partial charge in [-0.25, -0.2) is 9.50 Å². The summed E-state index contributed by atoms with van der Waals surface area (Å²) in [4.78, 5) is 14.6. The zero-order chi connectivity index (χ0) is 10.8. The van der Waals surface area contributed by atoms with Crippen LogP contribution in [0.1, 0.15) is 17.8 Å². The summed E-state index contributed by atoms with van der Waals surface area (Å²) >= 11 is 0. The van der Waals surface area contributed by atoms with Gasteiger partial charge in [0.05, 0.1) is 0 Å². The zero-order valence-corrected chi connectivity index (χ0v) is 8.34. The number of aryl methyl sites for hydroxylation is 2. The van der Waals surface area contributed by atoms with Gasteiger partial charge in [0.2, 0.25) is 0 Å². The molecule has 0 radical (unpaired) electrons. The highest BCUT2D eigenvalue weighted by Gasteiger charge is 2.02. The minimum atomic E-state index is -0.785. The molecule has 0 aliphatic heterocycles. The number of rotatable bonds is 3. The van der Waals surface area contributed by atoms with Crippen molar-refractivity contribution in [2.45, 2.75) is 19.8 Å². The van der Waals surface area contributed by atoms with E-state index in [1.807, 2.05) is 19.1 Å². The third kappa shape index (κ3) is 2.12. The highest BCUT2D eigenvalue weighted by molar-refractivity contribution is 5.67. The summed E-state index contributed by atoms with van der Waals surface area (Å²) in [6, 6.07) is 3.73. The van der Waals surface area contributed by atoms with E-state index in [0.717, 1.165) is 11.2 Å². The van der Waals surface area contributed by atoms with Crippen molar-refractivity contribution >= 4 is 11.6 Å². The molecule has 1 N–H and O–H groups in total. The summed E-state index contributed by atoms with van der Waals surface area (Å²) in [7, 11) is 0. The molecule has 2 aromatic heterocycles. The van der Waals surface area contributed by atoms with E-state index in [9.17, 15) is 4.79 Å². The predicted octanol–water partition coefficient (Wildman–Crippen LogP) is 1.05. The van der Waals surface area contributed by atoms with Crippen molar-refractivity contribution in [2.24, 2.45) is 0 Å². The molecule has 0 amide bonds. The van der Waals surface area contributed by atoms with E-state index in [2.05, 4.69) is 10.1 Å². The second-order valence-electron chi connectivity index (χ2n) is 3.39. The minimum Gasteiger partial charge on any atom is -0.481 e. The molecule has 78 valence electrons. The van der Waals surface area contributed by atoms with Crippen LogP contribution in [0.15, 0.2) is 18.3 Å². The molecule has 5 heteroatoms. The number of aliphatic carboxylic acids is 1. The summed E-state index contributed by atoms with van der Waals surface area (Å²) in [5.41, 5.74) is 1.73. The standard InChI is InChI=1S/C10H11N3O2/c1-7-11-9-6-8(2-3-10(14)15)4-5-13(9)12-7/h4-6H,2-3H2,1H3,(H,14,15). The van der Waals surface area contributed by atoms with Gasteiger partial charge in [-0.2, -0.15) is 5.10 Å². The van der Waals surface area contributed by atoms with Gasteiger partial charge in [-0.3, -0.25) is 4.79 Å². The van der Waals surface area contributed by atoms with Gasteiger partial charge in [0.1, 0.15) is 5.82 Å². The van der Waals surface area contributed by atoms with Crippen LogP contribution in [-0.4, -0.2) is 25.7 Å². The van der Waals surface area contributed by atoms with Crippen molar-refractivity contribution in [3.63, 3.8) is 0 Å². The quantitative estimate of drug-likeness (QED) is 0.813. The number of carboxylic acid groups (broad SMARTS) is 1.